The quantitative estimate of drug-likeness (QED) is 0.276. The van der Waals surface area contributed by atoms with Crippen LogP contribution >= 0.6 is 24.0 Å². The Kier molecular flexibility index (Phi) is 11.0. The molecule has 2 N–H and O–H groups in total. The Labute approximate surface area is 173 Å². The Balaban J connectivity index is 0.00000338. The van der Waals surface area contributed by atoms with Crippen LogP contribution in [0.25, 0.3) is 5.57 Å². The molecule has 0 bridgehead atoms. The number of nitrogens with one attached hydrogen (secondary N) is 2. The van der Waals surface area contributed by atoms with E-state index < -0.39 is 0 Å². The van der Waals surface area contributed by atoms with Gasteiger partial charge in [0.15, 0.2) is 5.96 Å². The van der Waals surface area contributed by atoms with Crippen molar-refractivity contribution in [2.45, 2.75) is 13.3 Å². The molecular weight excluding hydrogens is 443 g/mol. The zero-order valence-electron chi connectivity index (χ0n) is 15.5. The topological polar surface area (TPSA) is 66.0 Å². The molecule has 0 spiro atoms. The number of guanidine groups is 1. The number of rotatable bonds is 7. The van der Waals surface area contributed by atoms with Crippen molar-refractivity contribution in [3.8, 4) is 0 Å². The van der Waals surface area contributed by atoms with E-state index in [0.29, 0.717) is 13.2 Å². The Bertz CT molecular complexity index is 605. The molecule has 0 radical (unpaired) electrons. The van der Waals surface area contributed by atoms with Crippen LogP contribution in [0.15, 0.2) is 41.4 Å². The van der Waals surface area contributed by atoms with Gasteiger partial charge < -0.3 is 20.3 Å². The minimum atomic E-state index is -0.0926. The molecule has 1 aliphatic rings. The van der Waals surface area contributed by atoms with Crippen molar-refractivity contribution in [2.75, 3.05) is 46.4 Å². The third-order valence-electron chi connectivity index (χ3n) is 3.99. The minimum absolute atomic E-state index is 0. The Morgan fingerprint density at radius 2 is 2.04 bits per heavy atom. The van der Waals surface area contributed by atoms with Crippen LogP contribution in [-0.4, -0.2) is 63.2 Å². The number of benzene rings is 1. The molecule has 1 aliphatic heterocycles. The summed E-state index contributed by atoms with van der Waals surface area (Å²) in [6.07, 6.45) is 3.21. The summed E-state index contributed by atoms with van der Waals surface area (Å²) in [5.41, 5.74) is 2.65. The van der Waals surface area contributed by atoms with Gasteiger partial charge in [0.25, 0.3) is 0 Å². The lowest BCUT2D eigenvalue weighted by atomic mass is 10.00. The summed E-state index contributed by atoms with van der Waals surface area (Å²) in [6, 6.07) is 10.5. The largest absolute Gasteiger partial charge is 0.383 e. The summed E-state index contributed by atoms with van der Waals surface area (Å²) >= 11 is 0. The number of nitrogens with zero attached hydrogens (tertiary/aromatic N) is 2. The average Bonchev–Trinajstić information content (AvgIpc) is 2.66. The molecule has 2 rings (SSSR count). The van der Waals surface area contributed by atoms with Gasteiger partial charge in [0.1, 0.15) is 6.54 Å². The van der Waals surface area contributed by atoms with Crippen molar-refractivity contribution in [2.24, 2.45) is 4.99 Å². The molecule has 1 heterocycles. The van der Waals surface area contributed by atoms with Gasteiger partial charge in [-0.1, -0.05) is 36.4 Å². The van der Waals surface area contributed by atoms with Crippen LogP contribution < -0.4 is 10.6 Å². The van der Waals surface area contributed by atoms with Gasteiger partial charge in [-0.15, -0.1) is 24.0 Å². The van der Waals surface area contributed by atoms with Crippen LogP contribution in [0.1, 0.15) is 18.9 Å². The first kappa shape index (κ1) is 22.4. The zero-order chi connectivity index (χ0) is 17.9. The number of ether oxygens (including phenoxy) is 1. The maximum Gasteiger partial charge on any atom is 0.241 e. The molecule has 0 aliphatic carbocycles. The minimum Gasteiger partial charge on any atom is -0.383 e. The molecule has 6 nitrogen and oxygen atoms in total. The molecule has 1 amide bonds. The fourth-order valence-corrected chi connectivity index (χ4v) is 2.70. The first-order valence-corrected chi connectivity index (χ1v) is 8.78. The van der Waals surface area contributed by atoms with E-state index in [4.69, 9.17) is 4.74 Å². The monoisotopic (exact) mass is 472 g/mol. The molecule has 0 aromatic heterocycles. The number of methoxy groups -OCH3 is 1. The summed E-state index contributed by atoms with van der Waals surface area (Å²) in [5.74, 6) is 0.692. The molecule has 1 aromatic carbocycles. The Morgan fingerprint density at radius 1 is 1.27 bits per heavy atom. The molecule has 144 valence electrons. The molecule has 0 unspecified atom stereocenters. The smallest absolute Gasteiger partial charge is 0.241 e. The van der Waals surface area contributed by atoms with Gasteiger partial charge in [-0.25, -0.2) is 4.99 Å². The average molecular weight is 472 g/mol. The van der Waals surface area contributed by atoms with Gasteiger partial charge in [0.05, 0.1) is 6.61 Å². The number of hydrogen-bond acceptors (Lipinski definition) is 3. The fraction of sp³-hybridized carbons (Fsp3) is 0.474. The molecule has 26 heavy (non-hydrogen) atoms. The van der Waals surface area contributed by atoms with Crippen LogP contribution in [0, 0.1) is 0 Å². The van der Waals surface area contributed by atoms with Gasteiger partial charge in [0, 0.05) is 33.3 Å². The van der Waals surface area contributed by atoms with Crippen molar-refractivity contribution >= 4 is 41.4 Å². The van der Waals surface area contributed by atoms with Crippen molar-refractivity contribution < 1.29 is 9.53 Å². The summed E-state index contributed by atoms with van der Waals surface area (Å²) in [5, 5.41) is 6.05. The molecule has 1 aromatic rings. The highest BCUT2D eigenvalue weighted by atomic mass is 127. The van der Waals surface area contributed by atoms with Crippen molar-refractivity contribution in [1.82, 2.24) is 15.5 Å². The van der Waals surface area contributed by atoms with Gasteiger partial charge in [-0.05, 0) is 24.5 Å². The maximum absolute atomic E-state index is 11.8. The highest BCUT2D eigenvalue weighted by molar-refractivity contribution is 14.0. The van der Waals surface area contributed by atoms with Gasteiger partial charge >= 0.3 is 0 Å². The predicted molar refractivity (Wildman–Crippen MR) is 117 cm³/mol. The van der Waals surface area contributed by atoms with Gasteiger partial charge in [-0.3, -0.25) is 4.79 Å². The normalized spacial score (nSPS) is 14.3. The van der Waals surface area contributed by atoms with E-state index in [0.717, 1.165) is 32.0 Å². The zero-order valence-corrected chi connectivity index (χ0v) is 17.9. The van der Waals surface area contributed by atoms with E-state index in [2.05, 4.69) is 50.9 Å². The molecule has 7 heteroatoms. The van der Waals surface area contributed by atoms with E-state index in [1.54, 1.807) is 7.11 Å². The highest BCUT2D eigenvalue weighted by Gasteiger charge is 2.16. The second-order valence-electron chi connectivity index (χ2n) is 5.80. The summed E-state index contributed by atoms with van der Waals surface area (Å²) in [7, 11) is 1.61. The molecule has 0 atom stereocenters. The van der Waals surface area contributed by atoms with E-state index >= 15 is 0 Å². The second-order valence-corrected chi connectivity index (χ2v) is 5.80. The summed E-state index contributed by atoms with van der Waals surface area (Å²) in [6.45, 7) is 5.62. The van der Waals surface area contributed by atoms with Crippen LogP contribution in [0.3, 0.4) is 0 Å². The molecular formula is C19H29IN4O2. The number of amides is 1. The lowest BCUT2D eigenvalue weighted by Crippen LogP contribution is -2.44. The first-order valence-electron chi connectivity index (χ1n) is 8.78. The molecule has 0 saturated carbocycles. The van der Waals surface area contributed by atoms with Crippen molar-refractivity contribution in [3.63, 3.8) is 0 Å². The van der Waals surface area contributed by atoms with E-state index in [1.165, 1.54) is 11.1 Å². The number of aliphatic imine (C=N–C) groups is 1. The standard InChI is InChI=1S/C19H28N4O2.HI/c1-3-20-19(22-15-18(24)21-11-14-25-2)23-12-9-17(10-13-23)16-7-5-4-6-8-16;/h4-9H,3,10-15H2,1-2H3,(H,20,22)(H,21,24);1H. The lowest BCUT2D eigenvalue weighted by Gasteiger charge is -2.29. The SMILES string of the molecule is CCNC(=NCC(=O)NCCOC)N1CC=C(c2ccccc2)CC1.I. The molecule has 0 fully saturated rings. The first-order chi connectivity index (χ1) is 12.2. The van der Waals surface area contributed by atoms with Crippen LogP contribution in [-0.2, 0) is 9.53 Å². The third kappa shape index (κ3) is 7.33. The van der Waals surface area contributed by atoms with E-state index in [1.807, 2.05) is 13.0 Å². The number of hydrogen-bond donors (Lipinski definition) is 2. The van der Waals surface area contributed by atoms with E-state index in [-0.39, 0.29) is 36.4 Å². The van der Waals surface area contributed by atoms with Gasteiger partial charge in [-0.2, -0.15) is 0 Å². The highest BCUT2D eigenvalue weighted by Crippen LogP contribution is 2.21. The number of carbonyl (C=O) groups excluding carboxylic acids is 1. The number of carbonyl (C=O) groups is 1. The molecule has 0 saturated heterocycles. The van der Waals surface area contributed by atoms with Crippen LogP contribution in [0.4, 0.5) is 0 Å². The second kappa shape index (κ2) is 12.7. The number of halogens is 1. The summed E-state index contributed by atoms with van der Waals surface area (Å²) < 4.78 is 4.92. The Hall–Kier alpha value is -1.61. The lowest BCUT2D eigenvalue weighted by molar-refractivity contribution is -0.119. The van der Waals surface area contributed by atoms with Crippen molar-refractivity contribution in [1.29, 1.82) is 0 Å². The third-order valence-corrected chi connectivity index (χ3v) is 3.99. The predicted octanol–water partition coefficient (Wildman–Crippen LogP) is 2.12. The maximum atomic E-state index is 11.8. The van der Waals surface area contributed by atoms with E-state index in [9.17, 15) is 4.79 Å². The summed E-state index contributed by atoms with van der Waals surface area (Å²) in [4.78, 5) is 18.5. The van der Waals surface area contributed by atoms with Crippen LogP contribution in [0.5, 0.6) is 0 Å². The fourth-order valence-electron chi connectivity index (χ4n) is 2.70. The Morgan fingerprint density at radius 3 is 2.65 bits per heavy atom. The van der Waals surface area contributed by atoms with Crippen LogP contribution in [0.2, 0.25) is 0 Å². The van der Waals surface area contributed by atoms with Gasteiger partial charge in [0.2, 0.25) is 5.91 Å². The van der Waals surface area contributed by atoms with Crippen molar-refractivity contribution in [3.05, 3.63) is 42.0 Å².